The summed E-state index contributed by atoms with van der Waals surface area (Å²) in [5.74, 6) is 1.06. The van der Waals surface area contributed by atoms with Gasteiger partial charge in [-0.15, -0.1) is 11.6 Å². The summed E-state index contributed by atoms with van der Waals surface area (Å²) < 4.78 is 0.214. The SMILES string of the molecule is CC(C)(C)CC(C)(C)SCC(O)CCl. The van der Waals surface area contributed by atoms with Crippen molar-refractivity contribution in [3.05, 3.63) is 0 Å². The monoisotopic (exact) mass is 238 g/mol. The lowest BCUT2D eigenvalue weighted by Gasteiger charge is -2.32. The van der Waals surface area contributed by atoms with Crippen molar-refractivity contribution in [2.45, 2.75) is 51.9 Å². The van der Waals surface area contributed by atoms with Crippen LogP contribution in [0.25, 0.3) is 0 Å². The molecule has 86 valence electrons. The summed E-state index contributed by atoms with van der Waals surface area (Å²) >= 11 is 7.35. The minimum atomic E-state index is -0.374. The van der Waals surface area contributed by atoms with E-state index in [0.717, 1.165) is 12.2 Å². The fourth-order valence-electron chi connectivity index (χ4n) is 1.69. The van der Waals surface area contributed by atoms with Gasteiger partial charge in [-0.3, -0.25) is 0 Å². The summed E-state index contributed by atoms with van der Waals surface area (Å²) in [5, 5.41) is 9.37. The van der Waals surface area contributed by atoms with Gasteiger partial charge in [0.25, 0.3) is 0 Å². The molecule has 0 aromatic rings. The molecule has 0 spiro atoms. The van der Waals surface area contributed by atoms with Gasteiger partial charge in [-0.05, 0) is 11.8 Å². The van der Waals surface area contributed by atoms with Crippen LogP contribution in [0.15, 0.2) is 0 Å². The molecule has 14 heavy (non-hydrogen) atoms. The minimum absolute atomic E-state index is 0.214. The Morgan fingerprint density at radius 1 is 1.21 bits per heavy atom. The summed E-state index contributed by atoms with van der Waals surface area (Å²) in [6.07, 6.45) is 0.764. The molecule has 0 saturated heterocycles. The molecule has 1 atom stereocenters. The Balaban J connectivity index is 3.95. The van der Waals surface area contributed by atoms with E-state index in [1.54, 1.807) is 11.8 Å². The predicted octanol–water partition coefficient (Wildman–Crippen LogP) is 3.53. The van der Waals surface area contributed by atoms with Crippen molar-refractivity contribution in [2.24, 2.45) is 5.41 Å². The van der Waals surface area contributed by atoms with Gasteiger partial charge in [0.2, 0.25) is 0 Å². The lowest BCUT2D eigenvalue weighted by atomic mass is 9.86. The van der Waals surface area contributed by atoms with E-state index in [1.807, 2.05) is 0 Å². The molecule has 0 aliphatic carbocycles. The first kappa shape index (κ1) is 14.6. The van der Waals surface area contributed by atoms with E-state index in [2.05, 4.69) is 34.6 Å². The molecule has 0 aromatic heterocycles. The zero-order valence-electron chi connectivity index (χ0n) is 9.93. The summed E-state index contributed by atoms with van der Waals surface area (Å²) in [7, 11) is 0. The number of hydrogen-bond acceptors (Lipinski definition) is 2. The van der Waals surface area contributed by atoms with Crippen LogP contribution in [0.3, 0.4) is 0 Å². The van der Waals surface area contributed by atoms with Gasteiger partial charge in [0, 0.05) is 16.4 Å². The third-order valence-electron chi connectivity index (χ3n) is 1.80. The van der Waals surface area contributed by atoms with Crippen LogP contribution < -0.4 is 0 Å². The van der Waals surface area contributed by atoms with E-state index >= 15 is 0 Å². The standard InChI is InChI=1S/C11H23ClOS/c1-10(2,3)8-11(4,5)14-7-9(13)6-12/h9,13H,6-8H2,1-5H3. The molecule has 0 bridgehead atoms. The number of alkyl halides is 1. The maximum atomic E-state index is 9.37. The van der Waals surface area contributed by atoms with Crippen LogP contribution in [-0.4, -0.2) is 27.6 Å². The molecular weight excluding hydrogens is 216 g/mol. The number of hydrogen-bond donors (Lipinski definition) is 1. The van der Waals surface area contributed by atoms with Gasteiger partial charge in [0.1, 0.15) is 0 Å². The average molecular weight is 239 g/mol. The van der Waals surface area contributed by atoms with E-state index in [4.69, 9.17) is 11.6 Å². The van der Waals surface area contributed by atoms with E-state index in [-0.39, 0.29) is 10.9 Å². The summed E-state index contributed by atoms with van der Waals surface area (Å²) in [6.45, 7) is 11.2. The highest BCUT2D eigenvalue weighted by atomic mass is 35.5. The molecule has 3 heteroatoms. The van der Waals surface area contributed by atoms with Gasteiger partial charge in [0.05, 0.1) is 6.10 Å². The Morgan fingerprint density at radius 3 is 2.07 bits per heavy atom. The summed E-state index contributed by atoms with van der Waals surface area (Å²) in [4.78, 5) is 0. The van der Waals surface area contributed by atoms with Crippen molar-refractivity contribution in [3.63, 3.8) is 0 Å². The van der Waals surface area contributed by atoms with Crippen molar-refractivity contribution in [1.82, 2.24) is 0 Å². The molecule has 0 saturated carbocycles. The van der Waals surface area contributed by atoms with Crippen LogP contribution in [0.5, 0.6) is 0 Å². The first-order valence-corrected chi connectivity index (χ1v) is 6.56. The molecule has 0 rings (SSSR count). The van der Waals surface area contributed by atoms with Crippen LogP contribution in [0.1, 0.15) is 41.0 Å². The summed E-state index contributed by atoms with van der Waals surface area (Å²) in [6, 6.07) is 0. The van der Waals surface area contributed by atoms with Crippen LogP contribution in [0, 0.1) is 5.41 Å². The Hall–Kier alpha value is 0.600. The molecule has 1 unspecified atom stereocenters. The van der Waals surface area contributed by atoms with Crippen molar-refractivity contribution in [3.8, 4) is 0 Å². The molecule has 0 amide bonds. The van der Waals surface area contributed by atoms with Gasteiger partial charge in [-0.25, -0.2) is 0 Å². The van der Waals surface area contributed by atoms with Crippen LogP contribution in [0.2, 0.25) is 0 Å². The Labute approximate surface area is 97.6 Å². The predicted molar refractivity (Wildman–Crippen MR) is 67.3 cm³/mol. The largest absolute Gasteiger partial charge is 0.391 e. The Morgan fingerprint density at radius 2 is 1.71 bits per heavy atom. The second-order valence-electron chi connectivity index (χ2n) is 5.62. The number of aliphatic hydroxyl groups excluding tert-OH is 1. The molecule has 0 aromatic carbocycles. The first-order chi connectivity index (χ1) is 6.16. The lowest BCUT2D eigenvalue weighted by Crippen LogP contribution is -2.26. The Kier molecular flexibility index (Phi) is 5.86. The minimum Gasteiger partial charge on any atom is -0.391 e. The highest BCUT2D eigenvalue weighted by Gasteiger charge is 2.26. The molecule has 0 aliphatic rings. The maximum absolute atomic E-state index is 9.37. The number of aliphatic hydroxyl groups is 1. The van der Waals surface area contributed by atoms with Gasteiger partial charge < -0.3 is 5.11 Å². The van der Waals surface area contributed by atoms with Crippen LogP contribution in [0.4, 0.5) is 0 Å². The third kappa shape index (κ3) is 7.95. The molecular formula is C11H23ClOS. The number of rotatable bonds is 5. The zero-order valence-corrected chi connectivity index (χ0v) is 11.5. The highest BCUT2D eigenvalue weighted by molar-refractivity contribution is 8.00. The fraction of sp³-hybridized carbons (Fsp3) is 1.00. The first-order valence-electron chi connectivity index (χ1n) is 5.04. The van der Waals surface area contributed by atoms with Gasteiger partial charge in [0.15, 0.2) is 0 Å². The van der Waals surface area contributed by atoms with E-state index in [1.165, 1.54) is 0 Å². The number of halogens is 1. The van der Waals surface area contributed by atoms with E-state index in [0.29, 0.717) is 11.3 Å². The number of thioether (sulfide) groups is 1. The van der Waals surface area contributed by atoms with E-state index in [9.17, 15) is 5.11 Å². The van der Waals surface area contributed by atoms with Gasteiger partial charge in [-0.1, -0.05) is 34.6 Å². The Bertz CT molecular complexity index is 163. The van der Waals surface area contributed by atoms with E-state index < -0.39 is 0 Å². The van der Waals surface area contributed by atoms with Crippen molar-refractivity contribution >= 4 is 23.4 Å². The molecule has 0 fully saturated rings. The van der Waals surface area contributed by atoms with Crippen LogP contribution in [-0.2, 0) is 0 Å². The lowest BCUT2D eigenvalue weighted by molar-refractivity contribution is 0.223. The van der Waals surface area contributed by atoms with Gasteiger partial charge >= 0.3 is 0 Å². The van der Waals surface area contributed by atoms with Crippen molar-refractivity contribution in [2.75, 3.05) is 11.6 Å². The molecule has 1 nitrogen and oxygen atoms in total. The second kappa shape index (κ2) is 5.62. The van der Waals surface area contributed by atoms with Crippen LogP contribution >= 0.6 is 23.4 Å². The average Bonchev–Trinajstić information content (AvgIpc) is 1.96. The molecule has 0 aliphatic heterocycles. The zero-order chi connectivity index (χ0) is 11.4. The second-order valence-corrected chi connectivity index (χ2v) is 7.65. The molecule has 0 heterocycles. The molecule has 1 N–H and O–H groups in total. The molecule has 0 radical (unpaired) electrons. The smallest absolute Gasteiger partial charge is 0.0765 e. The highest BCUT2D eigenvalue weighted by Crippen LogP contribution is 2.36. The summed E-state index contributed by atoms with van der Waals surface area (Å²) in [5.41, 5.74) is 0.336. The quantitative estimate of drug-likeness (QED) is 0.740. The maximum Gasteiger partial charge on any atom is 0.0765 e. The van der Waals surface area contributed by atoms with Crippen molar-refractivity contribution < 1.29 is 5.11 Å². The van der Waals surface area contributed by atoms with Crippen molar-refractivity contribution in [1.29, 1.82) is 0 Å². The fourth-order valence-corrected chi connectivity index (χ4v) is 3.23. The van der Waals surface area contributed by atoms with Gasteiger partial charge in [-0.2, -0.15) is 11.8 Å². The normalized spacial score (nSPS) is 15.6. The topological polar surface area (TPSA) is 20.2 Å². The third-order valence-corrected chi connectivity index (χ3v) is 3.63.